The van der Waals surface area contributed by atoms with Gasteiger partial charge in [-0.3, -0.25) is 4.90 Å². The summed E-state index contributed by atoms with van der Waals surface area (Å²) < 4.78 is 13.8. The number of alkyl halides is 2. The van der Waals surface area contributed by atoms with Gasteiger partial charge in [-0.15, -0.1) is 0 Å². The van der Waals surface area contributed by atoms with Crippen molar-refractivity contribution in [1.29, 1.82) is 0 Å². The molecule has 2 rings (SSSR count). The molecule has 1 aliphatic rings. The highest BCUT2D eigenvalue weighted by Gasteiger charge is 2.24. The minimum absolute atomic E-state index is 0.454. The first-order valence-corrected chi connectivity index (χ1v) is 6.53. The molecule has 0 amide bonds. The smallest absolute Gasteiger partial charge is 0.114 e. The van der Waals surface area contributed by atoms with Crippen molar-refractivity contribution in [2.75, 3.05) is 13.1 Å². The standard InChI is InChI=1S/C12H15FIN/c13-11-6-12(14)9-15(8-11)7-10-4-2-1-3-5-10/h1-5,11-12H,6-9H2/t11-,12+/m0/s1. The topological polar surface area (TPSA) is 3.24 Å². The Morgan fingerprint density at radius 1 is 1.27 bits per heavy atom. The highest BCUT2D eigenvalue weighted by Crippen LogP contribution is 2.21. The molecule has 82 valence electrons. The van der Waals surface area contributed by atoms with Crippen LogP contribution in [0, 0.1) is 0 Å². The third-order valence-electron chi connectivity index (χ3n) is 2.67. The molecule has 1 saturated heterocycles. The Morgan fingerprint density at radius 2 is 2.00 bits per heavy atom. The van der Waals surface area contributed by atoms with Gasteiger partial charge in [0.1, 0.15) is 6.17 Å². The number of likely N-dealkylation sites (tertiary alicyclic amines) is 1. The summed E-state index contributed by atoms with van der Waals surface area (Å²) in [5, 5.41) is 0. The summed E-state index contributed by atoms with van der Waals surface area (Å²) in [5.41, 5.74) is 1.27. The number of piperidine rings is 1. The van der Waals surface area contributed by atoms with E-state index in [0.717, 1.165) is 13.1 Å². The summed E-state index contributed by atoms with van der Waals surface area (Å²) in [5.74, 6) is 0. The van der Waals surface area contributed by atoms with Crippen LogP contribution in [-0.2, 0) is 6.54 Å². The fourth-order valence-corrected chi connectivity index (χ4v) is 3.14. The Bertz CT molecular complexity index is 294. The molecule has 1 aromatic rings. The van der Waals surface area contributed by atoms with Crippen LogP contribution in [0.2, 0.25) is 0 Å². The second kappa shape index (κ2) is 5.25. The van der Waals surface area contributed by atoms with Crippen LogP contribution >= 0.6 is 22.6 Å². The molecule has 1 fully saturated rings. The predicted molar refractivity (Wildman–Crippen MR) is 69.0 cm³/mol. The first-order chi connectivity index (χ1) is 7.24. The van der Waals surface area contributed by atoms with Crippen molar-refractivity contribution in [3.8, 4) is 0 Å². The third kappa shape index (κ3) is 3.41. The average Bonchev–Trinajstić information content (AvgIpc) is 2.17. The van der Waals surface area contributed by atoms with Crippen LogP contribution < -0.4 is 0 Å². The van der Waals surface area contributed by atoms with E-state index in [-0.39, 0.29) is 0 Å². The zero-order valence-electron chi connectivity index (χ0n) is 8.57. The van der Waals surface area contributed by atoms with E-state index in [1.807, 2.05) is 18.2 Å². The SMILES string of the molecule is F[C@H]1C[C@@H](I)CN(Cc2ccccc2)C1. The Labute approximate surface area is 104 Å². The quantitative estimate of drug-likeness (QED) is 0.598. The van der Waals surface area contributed by atoms with Gasteiger partial charge < -0.3 is 0 Å². The number of hydrogen-bond donors (Lipinski definition) is 0. The van der Waals surface area contributed by atoms with Crippen molar-refractivity contribution >= 4 is 22.6 Å². The normalized spacial score (nSPS) is 27.9. The number of nitrogens with zero attached hydrogens (tertiary/aromatic N) is 1. The second-order valence-corrected chi connectivity index (χ2v) is 5.87. The van der Waals surface area contributed by atoms with Crippen LogP contribution in [0.1, 0.15) is 12.0 Å². The highest BCUT2D eigenvalue weighted by molar-refractivity contribution is 14.1. The fraction of sp³-hybridized carbons (Fsp3) is 0.500. The number of hydrogen-bond acceptors (Lipinski definition) is 1. The fourth-order valence-electron chi connectivity index (χ4n) is 2.03. The Balaban J connectivity index is 1.94. The van der Waals surface area contributed by atoms with Crippen LogP contribution in [0.3, 0.4) is 0 Å². The minimum atomic E-state index is -0.649. The molecule has 0 aromatic heterocycles. The molecule has 0 unspecified atom stereocenters. The van der Waals surface area contributed by atoms with Gasteiger partial charge in [-0.1, -0.05) is 52.9 Å². The molecule has 0 saturated carbocycles. The summed E-state index contributed by atoms with van der Waals surface area (Å²) in [7, 11) is 0. The van der Waals surface area contributed by atoms with Crippen molar-refractivity contribution in [3.63, 3.8) is 0 Å². The molecule has 1 aliphatic heterocycles. The average molecular weight is 319 g/mol. The Hall–Kier alpha value is -0.160. The van der Waals surface area contributed by atoms with Gasteiger partial charge in [0.2, 0.25) is 0 Å². The zero-order chi connectivity index (χ0) is 10.7. The first kappa shape index (κ1) is 11.3. The molecule has 1 aromatic carbocycles. The van der Waals surface area contributed by atoms with Gasteiger partial charge in [-0.2, -0.15) is 0 Å². The lowest BCUT2D eigenvalue weighted by molar-refractivity contribution is 0.141. The molecule has 1 nitrogen and oxygen atoms in total. The molecule has 0 aliphatic carbocycles. The van der Waals surface area contributed by atoms with E-state index >= 15 is 0 Å². The van der Waals surface area contributed by atoms with E-state index in [1.165, 1.54) is 5.56 Å². The second-order valence-electron chi connectivity index (χ2n) is 4.11. The molecule has 0 bridgehead atoms. The van der Waals surface area contributed by atoms with Gasteiger partial charge in [0.25, 0.3) is 0 Å². The van der Waals surface area contributed by atoms with Crippen LogP contribution in [0.15, 0.2) is 30.3 Å². The molecule has 0 radical (unpaired) electrons. The summed E-state index contributed by atoms with van der Waals surface area (Å²) in [4.78, 5) is 2.21. The minimum Gasteiger partial charge on any atom is -0.295 e. The van der Waals surface area contributed by atoms with Gasteiger partial charge in [0, 0.05) is 23.6 Å². The lowest BCUT2D eigenvalue weighted by Crippen LogP contribution is -2.41. The van der Waals surface area contributed by atoms with Gasteiger partial charge in [0.15, 0.2) is 0 Å². The lowest BCUT2D eigenvalue weighted by Gasteiger charge is -2.32. The third-order valence-corrected chi connectivity index (χ3v) is 3.58. The van der Waals surface area contributed by atoms with Crippen molar-refractivity contribution < 1.29 is 4.39 Å². The molecule has 15 heavy (non-hydrogen) atoms. The lowest BCUT2D eigenvalue weighted by atomic mass is 10.1. The van der Waals surface area contributed by atoms with E-state index in [9.17, 15) is 4.39 Å². The van der Waals surface area contributed by atoms with E-state index in [4.69, 9.17) is 0 Å². The van der Waals surface area contributed by atoms with Crippen molar-refractivity contribution in [1.82, 2.24) is 4.90 Å². The van der Waals surface area contributed by atoms with Crippen molar-refractivity contribution in [2.24, 2.45) is 0 Å². The van der Waals surface area contributed by atoms with Crippen LogP contribution in [-0.4, -0.2) is 28.1 Å². The largest absolute Gasteiger partial charge is 0.295 e. The molecule has 2 atom stereocenters. The Kier molecular flexibility index (Phi) is 3.97. The Morgan fingerprint density at radius 3 is 2.67 bits per heavy atom. The van der Waals surface area contributed by atoms with E-state index in [1.54, 1.807) is 0 Å². The molecule has 0 N–H and O–H groups in total. The number of benzene rings is 1. The number of halogens is 2. The van der Waals surface area contributed by atoms with E-state index < -0.39 is 6.17 Å². The van der Waals surface area contributed by atoms with Gasteiger partial charge >= 0.3 is 0 Å². The summed E-state index contributed by atoms with van der Waals surface area (Å²) in [6.45, 7) is 2.48. The van der Waals surface area contributed by atoms with Gasteiger partial charge in [-0.25, -0.2) is 4.39 Å². The summed E-state index contributed by atoms with van der Waals surface area (Å²) in [6, 6.07) is 10.3. The van der Waals surface area contributed by atoms with Gasteiger partial charge in [-0.05, 0) is 12.0 Å². The molecule has 3 heteroatoms. The predicted octanol–water partition coefficient (Wildman–Crippen LogP) is 3.03. The highest BCUT2D eigenvalue weighted by atomic mass is 127. The molecule has 0 spiro atoms. The van der Waals surface area contributed by atoms with Gasteiger partial charge in [0.05, 0.1) is 0 Å². The van der Waals surface area contributed by atoms with Crippen LogP contribution in [0.25, 0.3) is 0 Å². The number of rotatable bonds is 2. The maximum atomic E-state index is 13.3. The van der Waals surface area contributed by atoms with Crippen molar-refractivity contribution in [2.45, 2.75) is 23.1 Å². The summed E-state index contributed by atoms with van der Waals surface area (Å²) >= 11 is 2.35. The van der Waals surface area contributed by atoms with Crippen LogP contribution in [0.4, 0.5) is 4.39 Å². The maximum absolute atomic E-state index is 13.3. The molecular formula is C12H15FIN. The van der Waals surface area contributed by atoms with Crippen molar-refractivity contribution in [3.05, 3.63) is 35.9 Å². The summed E-state index contributed by atoms with van der Waals surface area (Å²) in [6.07, 6.45) is 0.0654. The molecular weight excluding hydrogens is 304 g/mol. The monoisotopic (exact) mass is 319 g/mol. The zero-order valence-corrected chi connectivity index (χ0v) is 10.7. The van der Waals surface area contributed by atoms with E-state index in [2.05, 4.69) is 39.6 Å². The maximum Gasteiger partial charge on any atom is 0.114 e. The van der Waals surface area contributed by atoms with Crippen LogP contribution in [0.5, 0.6) is 0 Å². The molecule has 1 heterocycles. The first-order valence-electron chi connectivity index (χ1n) is 5.28. The van der Waals surface area contributed by atoms with E-state index in [0.29, 0.717) is 16.9 Å².